The van der Waals surface area contributed by atoms with Gasteiger partial charge in [-0.3, -0.25) is 0 Å². The molecule has 0 fully saturated rings. The van der Waals surface area contributed by atoms with Crippen LogP contribution in [-0.2, 0) is 5.41 Å². The van der Waals surface area contributed by atoms with E-state index >= 15 is 0 Å². The lowest BCUT2D eigenvalue weighted by molar-refractivity contribution is 0.360. The summed E-state index contributed by atoms with van der Waals surface area (Å²) < 4.78 is 13.4. The normalized spacial score (nSPS) is 14.0. The zero-order valence-electron chi connectivity index (χ0n) is 23.9. The van der Waals surface area contributed by atoms with Crippen LogP contribution in [0, 0.1) is 0 Å². The lowest BCUT2D eigenvalue weighted by atomic mass is 9.70. The van der Waals surface area contributed by atoms with Crippen LogP contribution in [0.4, 0.5) is 5.69 Å². The summed E-state index contributed by atoms with van der Waals surface area (Å²) in [5.74, 6) is 2.93. The fourth-order valence-corrected chi connectivity index (χ4v) is 7.37. The van der Waals surface area contributed by atoms with Crippen molar-refractivity contribution in [2.24, 2.45) is 0 Å². The summed E-state index contributed by atoms with van der Waals surface area (Å²) in [6, 6.07) is 45.3. The Kier molecular flexibility index (Phi) is 5.26. The van der Waals surface area contributed by atoms with Crippen LogP contribution in [0.15, 0.2) is 152 Å². The average molecular weight is 566 g/mol. The maximum absolute atomic E-state index is 6.85. The van der Waals surface area contributed by atoms with Crippen molar-refractivity contribution >= 4 is 5.69 Å². The van der Waals surface area contributed by atoms with Crippen molar-refractivity contribution in [2.45, 2.75) is 5.41 Å². The van der Waals surface area contributed by atoms with Crippen LogP contribution in [0.1, 0.15) is 22.3 Å². The molecule has 0 atom stereocenters. The number of allylic oxidation sites excluding steroid dienone is 2. The third-order valence-corrected chi connectivity index (χ3v) is 9.15. The van der Waals surface area contributed by atoms with Gasteiger partial charge in [0.2, 0.25) is 0 Å². The number of hydrogen-bond acceptors (Lipinski definition) is 3. The van der Waals surface area contributed by atoms with Crippen molar-refractivity contribution in [3.63, 3.8) is 0 Å². The molecule has 208 valence electrons. The Labute approximate surface area is 256 Å². The highest BCUT2D eigenvalue weighted by Crippen LogP contribution is 2.66. The van der Waals surface area contributed by atoms with E-state index in [-0.39, 0.29) is 0 Å². The summed E-state index contributed by atoms with van der Waals surface area (Å²) in [7, 11) is 0. The number of fused-ring (bicyclic) bond motifs is 13. The van der Waals surface area contributed by atoms with Gasteiger partial charge in [-0.25, -0.2) is 0 Å². The van der Waals surface area contributed by atoms with E-state index in [1.807, 2.05) is 18.3 Å². The highest BCUT2D eigenvalue weighted by atomic mass is 16.6. The van der Waals surface area contributed by atoms with Gasteiger partial charge in [-0.2, -0.15) is 0 Å². The van der Waals surface area contributed by atoms with Crippen LogP contribution >= 0.6 is 0 Å². The smallest absolute Gasteiger partial charge is 0.178 e. The molecule has 0 amide bonds. The predicted octanol–water partition coefficient (Wildman–Crippen LogP) is 10.7. The van der Waals surface area contributed by atoms with E-state index in [0.29, 0.717) is 11.5 Å². The number of nitrogens with one attached hydrogen (secondary N) is 1. The van der Waals surface area contributed by atoms with E-state index in [0.717, 1.165) is 33.9 Å². The van der Waals surface area contributed by atoms with Crippen LogP contribution < -0.4 is 14.8 Å². The van der Waals surface area contributed by atoms with Gasteiger partial charge in [-0.05, 0) is 86.5 Å². The van der Waals surface area contributed by atoms with E-state index in [1.54, 1.807) is 6.08 Å². The average Bonchev–Trinajstić information content (AvgIpc) is 3.55. The van der Waals surface area contributed by atoms with E-state index in [4.69, 9.17) is 9.47 Å². The molecular formula is C41H27NO2. The first kappa shape index (κ1) is 24.8. The summed E-state index contributed by atoms with van der Waals surface area (Å²) in [5, 5.41) is 3.25. The predicted molar refractivity (Wildman–Crippen MR) is 178 cm³/mol. The largest absolute Gasteiger partial charge is 0.449 e. The summed E-state index contributed by atoms with van der Waals surface area (Å²) in [4.78, 5) is 0. The molecule has 0 bridgehead atoms. The van der Waals surface area contributed by atoms with Gasteiger partial charge >= 0.3 is 0 Å². The number of ether oxygens (including phenoxy) is 2. The van der Waals surface area contributed by atoms with Crippen LogP contribution in [-0.4, -0.2) is 0 Å². The van der Waals surface area contributed by atoms with E-state index in [9.17, 15) is 0 Å². The van der Waals surface area contributed by atoms with Crippen LogP contribution in [0.2, 0.25) is 0 Å². The monoisotopic (exact) mass is 565 g/mol. The molecule has 9 rings (SSSR count). The van der Waals surface area contributed by atoms with Gasteiger partial charge in [0.15, 0.2) is 23.0 Å². The molecule has 0 radical (unpaired) electrons. The van der Waals surface area contributed by atoms with Gasteiger partial charge in [-0.1, -0.05) is 110 Å². The Bertz CT molecular complexity index is 2130. The van der Waals surface area contributed by atoms with Gasteiger partial charge in [0, 0.05) is 17.5 Å². The summed E-state index contributed by atoms with van der Waals surface area (Å²) in [6.07, 6.45) is 5.48. The maximum Gasteiger partial charge on any atom is 0.178 e. The molecule has 1 spiro atoms. The maximum atomic E-state index is 6.85. The van der Waals surface area contributed by atoms with Crippen LogP contribution in [0.3, 0.4) is 0 Å². The van der Waals surface area contributed by atoms with Gasteiger partial charge in [-0.15, -0.1) is 0 Å². The Morgan fingerprint density at radius 1 is 0.545 bits per heavy atom. The molecule has 0 unspecified atom stereocenters. The van der Waals surface area contributed by atoms with E-state index < -0.39 is 5.41 Å². The molecule has 2 aliphatic carbocycles. The number of hydrogen-bond donors (Lipinski definition) is 1. The standard InChI is InChI=1S/C41H27NO2/c1-2-3-24-42-28-19-16-26(17-20-28)27-18-22-36-38(25-27)44-40-37(43-36)23-21-35-39(40)31-12-6-9-15-34(31)41(35)32-13-7-4-10-29(32)30-11-5-8-14-33(30)41/h2-25,42H,1H2/b24-3+. The second kappa shape index (κ2) is 9.35. The van der Waals surface area contributed by atoms with Crippen molar-refractivity contribution < 1.29 is 9.47 Å². The molecule has 6 aromatic carbocycles. The van der Waals surface area contributed by atoms with Crippen LogP contribution in [0.5, 0.6) is 23.0 Å². The first-order valence-corrected chi connectivity index (χ1v) is 14.9. The topological polar surface area (TPSA) is 30.5 Å². The molecule has 0 saturated heterocycles. The SMILES string of the molecule is C=C/C=C/Nc1ccc(-c2ccc3c(c2)Oc2c(ccc4c2-c2ccccc2C42c4ccccc4-c4ccccc42)O3)cc1. The summed E-state index contributed by atoms with van der Waals surface area (Å²) in [6.45, 7) is 3.71. The third-order valence-electron chi connectivity index (χ3n) is 9.15. The minimum atomic E-state index is -0.420. The second-order valence-corrected chi connectivity index (χ2v) is 11.4. The fourth-order valence-electron chi connectivity index (χ4n) is 7.37. The minimum absolute atomic E-state index is 0.420. The highest BCUT2D eigenvalue weighted by Gasteiger charge is 2.52. The fraction of sp³-hybridized carbons (Fsp3) is 0.0244. The molecule has 1 heterocycles. The van der Waals surface area contributed by atoms with Crippen molar-refractivity contribution in [3.8, 4) is 56.4 Å². The first-order valence-electron chi connectivity index (χ1n) is 14.9. The molecule has 44 heavy (non-hydrogen) atoms. The highest BCUT2D eigenvalue weighted by molar-refractivity contribution is 5.97. The second-order valence-electron chi connectivity index (χ2n) is 11.4. The molecular weight excluding hydrogens is 538 g/mol. The summed E-state index contributed by atoms with van der Waals surface area (Å²) in [5.41, 5.74) is 12.7. The van der Waals surface area contributed by atoms with Gasteiger partial charge in [0.05, 0.1) is 5.41 Å². The van der Waals surface area contributed by atoms with Crippen molar-refractivity contribution in [1.29, 1.82) is 0 Å². The Morgan fingerprint density at radius 3 is 1.86 bits per heavy atom. The lowest BCUT2D eigenvalue weighted by Gasteiger charge is -2.31. The molecule has 3 aliphatic rings. The zero-order valence-corrected chi connectivity index (χ0v) is 23.9. The Hall–Kier alpha value is -5.80. The van der Waals surface area contributed by atoms with Crippen molar-refractivity contribution in [1.82, 2.24) is 0 Å². The van der Waals surface area contributed by atoms with Gasteiger partial charge in [0.1, 0.15) is 0 Å². The Morgan fingerprint density at radius 2 is 1.16 bits per heavy atom. The number of rotatable bonds is 4. The number of benzene rings is 6. The Balaban J connectivity index is 1.19. The minimum Gasteiger partial charge on any atom is -0.449 e. The van der Waals surface area contributed by atoms with E-state index in [1.165, 1.54) is 38.9 Å². The molecule has 3 heteroatoms. The zero-order chi connectivity index (χ0) is 29.3. The third kappa shape index (κ3) is 3.32. The molecule has 1 N–H and O–H groups in total. The molecule has 3 nitrogen and oxygen atoms in total. The van der Waals surface area contributed by atoms with Gasteiger partial charge < -0.3 is 14.8 Å². The first-order chi connectivity index (χ1) is 21.8. The summed E-state index contributed by atoms with van der Waals surface area (Å²) >= 11 is 0. The number of anilines is 1. The molecule has 1 aliphatic heterocycles. The van der Waals surface area contributed by atoms with Crippen molar-refractivity contribution in [3.05, 3.63) is 175 Å². The molecule has 0 aromatic heterocycles. The van der Waals surface area contributed by atoms with Crippen molar-refractivity contribution in [2.75, 3.05) is 5.32 Å². The lowest BCUT2D eigenvalue weighted by Crippen LogP contribution is -2.25. The molecule has 0 saturated carbocycles. The van der Waals surface area contributed by atoms with E-state index in [2.05, 4.69) is 133 Å². The van der Waals surface area contributed by atoms with Crippen LogP contribution in [0.25, 0.3) is 33.4 Å². The quantitative estimate of drug-likeness (QED) is 0.215. The van der Waals surface area contributed by atoms with Gasteiger partial charge in [0.25, 0.3) is 0 Å². The molecule has 6 aromatic rings.